The van der Waals surface area contributed by atoms with Crippen LogP contribution in [0.2, 0.25) is 10.0 Å². The van der Waals surface area contributed by atoms with Crippen molar-refractivity contribution in [1.82, 2.24) is 10.2 Å². The molecule has 1 amide bonds. The molecule has 0 radical (unpaired) electrons. The topological polar surface area (TPSA) is 67.0 Å². The molecule has 3 rings (SSSR count). The fourth-order valence-electron chi connectivity index (χ4n) is 2.85. The van der Waals surface area contributed by atoms with Gasteiger partial charge in [0, 0.05) is 11.1 Å². The number of amides is 1. The minimum Gasteiger partial charge on any atom is -0.497 e. The van der Waals surface area contributed by atoms with Crippen molar-refractivity contribution in [3.63, 3.8) is 0 Å². The number of nitrogens with zero attached hydrogens (tertiary/aromatic N) is 1. The summed E-state index contributed by atoms with van der Waals surface area (Å²) in [6.07, 6.45) is 0.750. The molecule has 0 bridgehead atoms. The van der Waals surface area contributed by atoms with E-state index in [2.05, 4.69) is 29.4 Å². The summed E-state index contributed by atoms with van der Waals surface area (Å²) in [7, 11) is 1.62. The number of halogens is 2. The van der Waals surface area contributed by atoms with Gasteiger partial charge in [0.15, 0.2) is 0 Å². The van der Waals surface area contributed by atoms with Gasteiger partial charge >= 0.3 is 0 Å². The van der Waals surface area contributed by atoms with E-state index >= 15 is 0 Å². The molecule has 0 aliphatic carbocycles. The van der Waals surface area contributed by atoms with Crippen LogP contribution in [-0.2, 0) is 6.42 Å². The second-order valence-corrected chi connectivity index (χ2v) is 7.65. The van der Waals surface area contributed by atoms with Gasteiger partial charge in [0.05, 0.1) is 28.5 Å². The molecule has 1 heterocycles. The third-order valence-corrected chi connectivity index (χ3v) is 4.98. The number of aromatic amines is 1. The Kier molecular flexibility index (Phi) is 6.27. The van der Waals surface area contributed by atoms with Gasteiger partial charge in [-0.05, 0) is 54.8 Å². The molecule has 0 saturated heterocycles. The van der Waals surface area contributed by atoms with E-state index in [1.807, 2.05) is 24.3 Å². The quantitative estimate of drug-likeness (QED) is 0.528. The van der Waals surface area contributed by atoms with Crippen molar-refractivity contribution in [3.8, 4) is 17.0 Å². The maximum absolute atomic E-state index is 12.8. The zero-order chi connectivity index (χ0) is 20.3. The monoisotopic (exact) mass is 417 g/mol. The predicted molar refractivity (Wildman–Crippen MR) is 114 cm³/mol. The average Bonchev–Trinajstić information content (AvgIpc) is 3.05. The van der Waals surface area contributed by atoms with E-state index in [1.54, 1.807) is 25.3 Å². The van der Waals surface area contributed by atoms with Gasteiger partial charge < -0.3 is 10.1 Å². The number of H-pyrrole nitrogens is 1. The second-order valence-electron chi connectivity index (χ2n) is 6.84. The summed E-state index contributed by atoms with van der Waals surface area (Å²) in [4.78, 5) is 12.8. The van der Waals surface area contributed by atoms with Gasteiger partial charge in [0.1, 0.15) is 11.4 Å². The fourth-order valence-corrected chi connectivity index (χ4v) is 3.15. The number of carbonyl (C=O) groups excluding carboxylic acids is 1. The number of anilines is 1. The van der Waals surface area contributed by atoms with E-state index in [0.717, 1.165) is 23.4 Å². The van der Waals surface area contributed by atoms with Crippen LogP contribution in [0.3, 0.4) is 0 Å². The molecule has 1 aromatic heterocycles. The number of aromatic nitrogens is 2. The standard InChI is InChI=1S/C21H21Cl2N3O2/c1-12(2)10-18-20(24-21(27)14-6-9-16(22)17(23)11-14)19(26-25-18)13-4-7-15(28-3)8-5-13/h4-9,11-12H,10H2,1-3H3,(H,24,27)(H,25,26). The van der Waals surface area contributed by atoms with Crippen LogP contribution < -0.4 is 10.1 Å². The van der Waals surface area contributed by atoms with Crippen LogP contribution in [0.1, 0.15) is 29.9 Å². The third-order valence-electron chi connectivity index (χ3n) is 4.24. The minimum absolute atomic E-state index is 0.278. The molecule has 28 heavy (non-hydrogen) atoms. The summed E-state index contributed by atoms with van der Waals surface area (Å²) in [6, 6.07) is 12.3. The minimum atomic E-state index is -0.278. The molecule has 0 spiro atoms. The zero-order valence-electron chi connectivity index (χ0n) is 15.8. The third kappa shape index (κ3) is 4.49. The molecule has 0 aliphatic heterocycles. The Morgan fingerprint density at radius 2 is 1.86 bits per heavy atom. The molecular formula is C21H21Cl2N3O2. The highest BCUT2D eigenvalue weighted by molar-refractivity contribution is 6.42. The summed E-state index contributed by atoms with van der Waals surface area (Å²) >= 11 is 12.0. The molecular weight excluding hydrogens is 397 g/mol. The molecule has 2 N–H and O–H groups in total. The smallest absolute Gasteiger partial charge is 0.255 e. The summed E-state index contributed by atoms with van der Waals surface area (Å²) in [5, 5.41) is 11.2. The lowest BCUT2D eigenvalue weighted by atomic mass is 10.0. The van der Waals surface area contributed by atoms with Crippen molar-refractivity contribution in [2.45, 2.75) is 20.3 Å². The van der Waals surface area contributed by atoms with Crippen molar-refractivity contribution in [1.29, 1.82) is 0 Å². The largest absolute Gasteiger partial charge is 0.497 e. The van der Waals surface area contributed by atoms with Crippen molar-refractivity contribution in [2.24, 2.45) is 5.92 Å². The van der Waals surface area contributed by atoms with Crippen LogP contribution in [0.25, 0.3) is 11.3 Å². The zero-order valence-corrected chi connectivity index (χ0v) is 17.4. The highest BCUT2D eigenvalue weighted by atomic mass is 35.5. The first-order valence-corrected chi connectivity index (χ1v) is 9.62. The SMILES string of the molecule is COc1ccc(-c2n[nH]c(CC(C)C)c2NC(=O)c2ccc(Cl)c(Cl)c2)cc1. The van der Waals surface area contributed by atoms with E-state index in [9.17, 15) is 4.79 Å². The van der Waals surface area contributed by atoms with Crippen LogP contribution >= 0.6 is 23.2 Å². The number of benzene rings is 2. The lowest BCUT2D eigenvalue weighted by Gasteiger charge is -2.11. The van der Waals surface area contributed by atoms with E-state index in [-0.39, 0.29) is 5.91 Å². The Labute approximate surface area is 174 Å². The van der Waals surface area contributed by atoms with E-state index in [4.69, 9.17) is 27.9 Å². The Morgan fingerprint density at radius 1 is 1.14 bits per heavy atom. The maximum Gasteiger partial charge on any atom is 0.255 e. The highest BCUT2D eigenvalue weighted by Crippen LogP contribution is 2.32. The molecule has 0 saturated carbocycles. The molecule has 0 aliphatic rings. The first kappa shape index (κ1) is 20.2. The molecule has 7 heteroatoms. The van der Waals surface area contributed by atoms with Crippen molar-refractivity contribution < 1.29 is 9.53 Å². The molecule has 0 fully saturated rings. The van der Waals surface area contributed by atoms with E-state index in [1.165, 1.54) is 0 Å². The van der Waals surface area contributed by atoms with E-state index in [0.29, 0.717) is 32.9 Å². The van der Waals surface area contributed by atoms with Crippen LogP contribution in [0, 0.1) is 5.92 Å². The van der Waals surface area contributed by atoms with Crippen LogP contribution in [0.5, 0.6) is 5.75 Å². The number of nitrogens with one attached hydrogen (secondary N) is 2. The lowest BCUT2D eigenvalue weighted by molar-refractivity contribution is 0.102. The summed E-state index contributed by atoms with van der Waals surface area (Å²) in [6.45, 7) is 4.22. The Bertz CT molecular complexity index is 982. The summed E-state index contributed by atoms with van der Waals surface area (Å²) < 4.78 is 5.22. The fraction of sp³-hybridized carbons (Fsp3) is 0.238. The predicted octanol–water partition coefficient (Wildman–Crippen LogP) is 5.84. The Hall–Kier alpha value is -2.50. The van der Waals surface area contributed by atoms with Gasteiger partial charge in [-0.25, -0.2) is 0 Å². The molecule has 2 aromatic carbocycles. The van der Waals surface area contributed by atoms with Crippen molar-refractivity contribution in [3.05, 3.63) is 63.8 Å². The maximum atomic E-state index is 12.8. The van der Waals surface area contributed by atoms with Crippen LogP contribution in [0.15, 0.2) is 42.5 Å². The summed E-state index contributed by atoms with van der Waals surface area (Å²) in [5.41, 5.74) is 3.50. The van der Waals surface area contributed by atoms with Gasteiger partial charge in [0.25, 0.3) is 5.91 Å². The second kappa shape index (κ2) is 8.67. The van der Waals surface area contributed by atoms with Crippen LogP contribution in [-0.4, -0.2) is 23.2 Å². The van der Waals surface area contributed by atoms with Gasteiger partial charge in [0.2, 0.25) is 0 Å². The molecule has 5 nitrogen and oxygen atoms in total. The Morgan fingerprint density at radius 3 is 2.46 bits per heavy atom. The number of ether oxygens (including phenoxy) is 1. The first-order valence-electron chi connectivity index (χ1n) is 8.87. The first-order chi connectivity index (χ1) is 13.4. The van der Waals surface area contributed by atoms with Gasteiger partial charge in [-0.15, -0.1) is 0 Å². The number of rotatable bonds is 6. The van der Waals surface area contributed by atoms with Gasteiger partial charge in [-0.3, -0.25) is 9.89 Å². The number of methoxy groups -OCH3 is 1. The molecule has 146 valence electrons. The number of hydrogen-bond donors (Lipinski definition) is 2. The van der Waals surface area contributed by atoms with Crippen molar-refractivity contribution in [2.75, 3.05) is 12.4 Å². The molecule has 3 aromatic rings. The average molecular weight is 418 g/mol. The van der Waals surface area contributed by atoms with E-state index < -0.39 is 0 Å². The number of hydrogen-bond acceptors (Lipinski definition) is 3. The van der Waals surface area contributed by atoms with Crippen molar-refractivity contribution >= 4 is 34.8 Å². The molecule has 0 atom stereocenters. The van der Waals surface area contributed by atoms with Gasteiger partial charge in [-0.1, -0.05) is 37.0 Å². The highest BCUT2D eigenvalue weighted by Gasteiger charge is 2.19. The van der Waals surface area contributed by atoms with Crippen LogP contribution in [0.4, 0.5) is 5.69 Å². The lowest BCUT2D eigenvalue weighted by Crippen LogP contribution is -2.14. The number of carbonyl (C=O) groups is 1. The Balaban J connectivity index is 1.97. The normalized spacial score (nSPS) is 10.9. The summed E-state index contributed by atoms with van der Waals surface area (Å²) in [5.74, 6) is 0.868. The molecule has 0 unspecified atom stereocenters. The van der Waals surface area contributed by atoms with Gasteiger partial charge in [-0.2, -0.15) is 5.10 Å².